The number of hydrogen-bond donors (Lipinski definition) is 1. The van der Waals surface area contributed by atoms with Crippen LogP contribution in [0.2, 0.25) is 5.02 Å². The summed E-state index contributed by atoms with van der Waals surface area (Å²) in [6.07, 6.45) is 1.51. The van der Waals surface area contributed by atoms with Crippen molar-refractivity contribution in [3.05, 3.63) is 70.5 Å². The third kappa shape index (κ3) is 3.56. The van der Waals surface area contributed by atoms with Crippen LogP contribution >= 0.6 is 11.6 Å². The van der Waals surface area contributed by atoms with Crippen LogP contribution in [0.5, 0.6) is 0 Å². The summed E-state index contributed by atoms with van der Waals surface area (Å²) < 4.78 is 13.8. The van der Waals surface area contributed by atoms with Gasteiger partial charge in [0.1, 0.15) is 5.82 Å². The molecule has 2 aromatic rings. The van der Waals surface area contributed by atoms with Crippen molar-refractivity contribution in [3.8, 4) is 0 Å². The van der Waals surface area contributed by atoms with Crippen LogP contribution in [0.15, 0.2) is 48.5 Å². The highest BCUT2D eigenvalue weighted by Crippen LogP contribution is 2.48. The largest absolute Gasteiger partial charge is 0.349 e. The molecule has 0 bridgehead atoms. The molecule has 1 fully saturated rings. The third-order valence-electron chi connectivity index (χ3n) is 4.43. The van der Waals surface area contributed by atoms with E-state index in [-0.39, 0.29) is 29.6 Å². The summed E-state index contributed by atoms with van der Waals surface area (Å²) in [6.45, 7) is 2.03. The maximum Gasteiger partial charge on any atom is 0.224 e. The Balaban J connectivity index is 1.65. The summed E-state index contributed by atoms with van der Waals surface area (Å²) in [5.41, 5.74) is 1.68. The van der Waals surface area contributed by atoms with Crippen LogP contribution in [0, 0.1) is 11.7 Å². The zero-order chi connectivity index (χ0) is 16.4. The Morgan fingerprint density at radius 3 is 2.61 bits per heavy atom. The minimum Gasteiger partial charge on any atom is -0.349 e. The number of rotatable bonds is 5. The Hall–Kier alpha value is -1.87. The van der Waals surface area contributed by atoms with Gasteiger partial charge in [0.15, 0.2) is 0 Å². The SMILES string of the molecule is CCC(NC(=O)C1CC1c1ccccc1F)c1ccc(Cl)cc1. The topological polar surface area (TPSA) is 29.1 Å². The monoisotopic (exact) mass is 331 g/mol. The molecule has 0 heterocycles. The van der Waals surface area contributed by atoms with Crippen LogP contribution in [0.4, 0.5) is 4.39 Å². The predicted octanol–water partition coefficient (Wildman–Crippen LogP) is 4.85. The van der Waals surface area contributed by atoms with Gasteiger partial charge in [-0.25, -0.2) is 4.39 Å². The third-order valence-corrected chi connectivity index (χ3v) is 4.68. The molecule has 0 saturated heterocycles. The molecule has 1 N–H and O–H groups in total. The number of carbonyl (C=O) groups excluding carboxylic acids is 1. The quantitative estimate of drug-likeness (QED) is 0.833. The Bertz CT molecular complexity index is 701. The molecule has 0 aromatic heterocycles. The molecule has 2 nitrogen and oxygen atoms in total. The zero-order valence-electron chi connectivity index (χ0n) is 12.9. The molecule has 0 aliphatic heterocycles. The highest BCUT2D eigenvalue weighted by molar-refractivity contribution is 6.30. The molecule has 1 amide bonds. The van der Waals surface area contributed by atoms with Gasteiger partial charge in [0.05, 0.1) is 6.04 Å². The minimum atomic E-state index is -0.224. The molecule has 3 atom stereocenters. The van der Waals surface area contributed by atoms with Crippen molar-refractivity contribution in [2.75, 3.05) is 0 Å². The van der Waals surface area contributed by atoms with Gasteiger partial charge in [0.25, 0.3) is 0 Å². The van der Waals surface area contributed by atoms with E-state index in [4.69, 9.17) is 11.6 Å². The molecule has 1 aliphatic carbocycles. The number of halogens is 2. The fourth-order valence-electron chi connectivity index (χ4n) is 3.00. The second kappa shape index (κ2) is 6.71. The van der Waals surface area contributed by atoms with Crippen molar-refractivity contribution in [1.82, 2.24) is 5.32 Å². The van der Waals surface area contributed by atoms with Crippen molar-refractivity contribution >= 4 is 17.5 Å². The smallest absolute Gasteiger partial charge is 0.224 e. The molecule has 3 unspecified atom stereocenters. The van der Waals surface area contributed by atoms with Crippen molar-refractivity contribution in [1.29, 1.82) is 0 Å². The van der Waals surface area contributed by atoms with E-state index in [1.165, 1.54) is 6.07 Å². The summed E-state index contributed by atoms with van der Waals surface area (Å²) in [5, 5.41) is 3.76. The number of carbonyl (C=O) groups is 1. The molecule has 23 heavy (non-hydrogen) atoms. The first-order valence-electron chi connectivity index (χ1n) is 7.90. The number of benzene rings is 2. The van der Waals surface area contributed by atoms with Gasteiger partial charge in [-0.2, -0.15) is 0 Å². The van der Waals surface area contributed by atoms with Crippen molar-refractivity contribution < 1.29 is 9.18 Å². The molecular weight excluding hydrogens is 313 g/mol. The molecule has 0 spiro atoms. The predicted molar refractivity (Wildman–Crippen MR) is 89.9 cm³/mol. The molecule has 1 aliphatic rings. The normalized spacial score (nSPS) is 20.8. The van der Waals surface area contributed by atoms with Gasteiger partial charge in [-0.3, -0.25) is 4.79 Å². The van der Waals surface area contributed by atoms with E-state index < -0.39 is 0 Å². The van der Waals surface area contributed by atoms with E-state index in [1.807, 2.05) is 37.3 Å². The van der Waals surface area contributed by atoms with E-state index in [2.05, 4.69) is 5.32 Å². The second-order valence-electron chi connectivity index (χ2n) is 5.99. The van der Waals surface area contributed by atoms with Crippen molar-refractivity contribution in [2.45, 2.75) is 31.7 Å². The van der Waals surface area contributed by atoms with Gasteiger partial charge in [-0.1, -0.05) is 48.9 Å². The first-order chi connectivity index (χ1) is 11.1. The average Bonchev–Trinajstić information content (AvgIpc) is 3.34. The van der Waals surface area contributed by atoms with Crippen LogP contribution < -0.4 is 5.32 Å². The summed E-state index contributed by atoms with van der Waals surface area (Å²) in [7, 11) is 0. The van der Waals surface area contributed by atoms with Crippen LogP contribution in [-0.4, -0.2) is 5.91 Å². The highest BCUT2D eigenvalue weighted by Gasteiger charge is 2.45. The number of hydrogen-bond acceptors (Lipinski definition) is 1. The second-order valence-corrected chi connectivity index (χ2v) is 6.43. The lowest BCUT2D eigenvalue weighted by molar-refractivity contribution is -0.123. The molecule has 1 saturated carbocycles. The molecule has 3 rings (SSSR count). The molecule has 120 valence electrons. The van der Waals surface area contributed by atoms with Gasteiger partial charge >= 0.3 is 0 Å². The Labute approximate surface area is 140 Å². The van der Waals surface area contributed by atoms with E-state index in [1.54, 1.807) is 12.1 Å². The van der Waals surface area contributed by atoms with E-state index in [0.29, 0.717) is 17.0 Å². The van der Waals surface area contributed by atoms with Crippen molar-refractivity contribution in [2.24, 2.45) is 5.92 Å². The van der Waals surface area contributed by atoms with E-state index in [9.17, 15) is 9.18 Å². The first kappa shape index (κ1) is 16.0. The summed E-state index contributed by atoms with van der Waals surface area (Å²) in [6, 6.07) is 14.2. The lowest BCUT2D eigenvalue weighted by Crippen LogP contribution is -2.29. The molecular formula is C19H19ClFNO. The van der Waals surface area contributed by atoms with Gasteiger partial charge in [-0.05, 0) is 48.1 Å². The summed E-state index contributed by atoms with van der Waals surface area (Å²) in [5.74, 6) is -0.357. The first-order valence-corrected chi connectivity index (χ1v) is 8.28. The highest BCUT2D eigenvalue weighted by atomic mass is 35.5. The van der Waals surface area contributed by atoms with Gasteiger partial charge in [0.2, 0.25) is 5.91 Å². The average molecular weight is 332 g/mol. The summed E-state index contributed by atoms with van der Waals surface area (Å²) >= 11 is 5.90. The maximum absolute atomic E-state index is 13.8. The fourth-order valence-corrected chi connectivity index (χ4v) is 3.13. The Kier molecular flexibility index (Phi) is 4.67. The summed E-state index contributed by atoms with van der Waals surface area (Å²) in [4.78, 5) is 12.5. The van der Waals surface area contributed by atoms with Crippen LogP contribution in [0.1, 0.15) is 42.9 Å². The lowest BCUT2D eigenvalue weighted by Gasteiger charge is -2.17. The lowest BCUT2D eigenvalue weighted by atomic mass is 10.0. The van der Waals surface area contributed by atoms with Crippen LogP contribution in [-0.2, 0) is 4.79 Å². The van der Waals surface area contributed by atoms with Gasteiger partial charge in [-0.15, -0.1) is 0 Å². The molecule has 2 aromatic carbocycles. The van der Waals surface area contributed by atoms with E-state index >= 15 is 0 Å². The molecule has 0 radical (unpaired) electrons. The minimum absolute atomic E-state index is 0.0000491. The number of nitrogens with one attached hydrogen (secondary N) is 1. The fraction of sp³-hybridized carbons (Fsp3) is 0.316. The van der Waals surface area contributed by atoms with Gasteiger partial charge in [0, 0.05) is 10.9 Å². The van der Waals surface area contributed by atoms with Gasteiger partial charge < -0.3 is 5.32 Å². The maximum atomic E-state index is 13.8. The Morgan fingerprint density at radius 1 is 1.26 bits per heavy atom. The Morgan fingerprint density at radius 2 is 1.96 bits per heavy atom. The van der Waals surface area contributed by atoms with Crippen LogP contribution in [0.25, 0.3) is 0 Å². The van der Waals surface area contributed by atoms with Crippen molar-refractivity contribution in [3.63, 3.8) is 0 Å². The standard InChI is InChI=1S/C19H19ClFNO/c1-2-18(12-7-9-13(20)10-8-12)22-19(23)16-11-15(16)14-5-3-4-6-17(14)21/h3-10,15-16,18H,2,11H2,1H3,(H,22,23). The number of amides is 1. The van der Waals surface area contributed by atoms with E-state index in [0.717, 1.165) is 12.0 Å². The molecule has 4 heteroatoms. The zero-order valence-corrected chi connectivity index (χ0v) is 13.7. The van der Waals surface area contributed by atoms with Crippen LogP contribution in [0.3, 0.4) is 0 Å².